The van der Waals surface area contributed by atoms with Crippen molar-refractivity contribution in [3.05, 3.63) is 0 Å². The van der Waals surface area contributed by atoms with E-state index in [2.05, 4.69) is 0 Å². The van der Waals surface area contributed by atoms with E-state index in [1.165, 1.54) is 0 Å². The molecule has 1 saturated carbocycles. The van der Waals surface area contributed by atoms with E-state index in [0.717, 1.165) is 32.1 Å². The molecule has 2 fully saturated rings. The van der Waals surface area contributed by atoms with Crippen molar-refractivity contribution in [1.29, 1.82) is 0 Å². The molecule has 0 aromatic carbocycles. The molecule has 0 bridgehead atoms. The Kier molecular flexibility index (Phi) is 3.82. The van der Waals surface area contributed by atoms with Gasteiger partial charge in [0.1, 0.15) is 12.2 Å². The van der Waals surface area contributed by atoms with E-state index in [0.29, 0.717) is 13.1 Å². The van der Waals surface area contributed by atoms with Crippen LogP contribution in [-0.2, 0) is 14.3 Å². The number of ether oxygens (including phenoxy) is 1. The first kappa shape index (κ1) is 14.3. The molecule has 1 amide bonds. The number of amides is 1. The van der Waals surface area contributed by atoms with Crippen LogP contribution in [0.2, 0.25) is 0 Å². The summed E-state index contributed by atoms with van der Waals surface area (Å²) in [5.74, 6) is -1.00. The first-order valence-corrected chi connectivity index (χ1v) is 6.79. The van der Waals surface area contributed by atoms with Crippen molar-refractivity contribution in [2.45, 2.75) is 50.2 Å². The van der Waals surface area contributed by atoms with E-state index in [4.69, 9.17) is 15.6 Å². The first-order valence-electron chi connectivity index (χ1n) is 6.79. The average molecular weight is 270 g/mol. The fourth-order valence-corrected chi connectivity index (χ4v) is 2.94. The molecule has 0 aromatic rings. The van der Waals surface area contributed by atoms with Gasteiger partial charge in [-0.05, 0) is 19.8 Å². The summed E-state index contributed by atoms with van der Waals surface area (Å²) in [5, 5.41) is 8.59. The molecule has 6 heteroatoms. The summed E-state index contributed by atoms with van der Waals surface area (Å²) >= 11 is 0. The third-order valence-corrected chi connectivity index (χ3v) is 4.05. The molecule has 0 spiro atoms. The zero-order valence-corrected chi connectivity index (χ0v) is 11.4. The lowest BCUT2D eigenvalue weighted by Crippen LogP contribution is -2.69. The second kappa shape index (κ2) is 5.09. The van der Waals surface area contributed by atoms with Crippen LogP contribution in [0.5, 0.6) is 0 Å². The van der Waals surface area contributed by atoms with Gasteiger partial charge in [-0.2, -0.15) is 0 Å². The van der Waals surface area contributed by atoms with Gasteiger partial charge in [-0.3, -0.25) is 4.79 Å². The maximum atomic E-state index is 12.4. The third-order valence-electron chi connectivity index (χ3n) is 4.05. The highest BCUT2D eigenvalue weighted by atomic mass is 16.5. The molecule has 6 nitrogen and oxygen atoms in total. The molecule has 2 aliphatic rings. The van der Waals surface area contributed by atoms with Gasteiger partial charge < -0.3 is 20.5 Å². The van der Waals surface area contributed by atoms with E-state index in [9.17, 15) is 9.59 Å². The summed E-state index contributed by atoms with van der Waals surface area (Å²) in [7, 11) is 0. The van der Waals surface area contributed by atoms with Crippen LogP contribution in [-0.4, -0.2) is 52.7 Å². The maximum absolute atomic E-state index is 12.4. The van der Waals surface area contributed by atoms with Crippen LogP contribution in [0, 0.1) is 0 Å². The number of hydrogen-bond donors (Lipinski definition) is 2. The Morgan fingerprint density at radius 3 is 2.37 bits per heavy atom. The predicted octanol–water partition coefficient (Wildman–Crippen LogP) is 0.350. The summed E-state index contributed by atoms with van der Waals surface area (Å²) in [6.45, 7) is 2.35. The Hall–Kier alpha value is -1.14. The third kappa shape index (κ3) is 3.06. The normalized spacial score (nSPS) is 24.6. The SMILES string of the molecule is CC1(OCC(=O)O)CN(C(=O)C2(N)CCCCC2)C1. The molecule has 1 heterocycles. The van der Waals surface area contributed by atoms with E-state index < -0.39 is 17.1 Å². The molecule has 19 heavy (non-hydrogen) atoms. The van der Waals surface area contributed by atoms with Gasteiger partial charge in [0.15, 0.2) is 0 Å². The number of likely N-dealkylation sites (tertiary alicyclic amines) is 1. The fourth-order valence-electron chi connectivity index (χ4n) is 2.94. The van der Waals surface area contributed by atoms with E-state index in [1.807, 2.05) is 6.92 Å². The van der Waals surface area contributed by atoms with Gasteiger partial charge in [-0.1, -0.05) is 19.3 Å². The summed E-state index contributed by atoms with van der Waals surface area (Å²) in [6.07, 6.45) is 4.64. The monoisotopic (exact) mass is 270 g/mol. The lowest BCUT2D eigenvalue weighted by molar-refractivity contribution is -0.177. The molecule has 3 N–H and O–H groups in total. The van der Waals surface area contributed by atoms with Crippen LogP contribution < -0.4 is 5.73 Å². The highest BCUT2D eigenvalue weighted by Crippen LogP contribution is 2.32. The van der Waals surface area contributed by atoms with E-state index in [1.54, 1.807) is 4.90 Å². The molecular weight excluding hydrogens is 248 g/mol. The second-order valence-electron chi connectivity index (χ2n) is 6.01. The smallest absolute Gasteiger partial charge is 0.329 e. The minimum Gasteiger partial charge on any atom is -0.480 e. The number of carbonyl (C=O) groups excluding carboxylic acids is 1. The first-order chi connectivity index (χ1) is 8.85. The van der Waals surface area contributed by atoms with Crippen LogP contribution in [0.1, 0.15) is 39.0 Å². The maximum Gasteiger partial charge on any atom is 0.329 e. The Labute approximate surface area is 112 Å². The Bertz CT molecular complexity index is 371. The van der Waals surface area contributed by atoms with Gasteiger partial charge in [0.05, 0.1) is 18.6 Å². The molecule has 0 radical (unpaired) electrons. The standard InChI is InChI=1S/C13H22N2O4/c1-12(19-7-10(16)17)8-15(9-12)11(18)13(14)5-3-2-4-6-13/h2-9,14H2,1H3,(H,16,17). The molecule has 1 aliphatic heterocycles. The quantitative estimate of drug-likeness (QED) is 0.769. The summed E-state index contributed by atoms with van der Waals surface area (Å²) in [5.41, 5.74) is 4.94. The van der Waals surface area contributed by atoms with Crippen molar-refractivity contribution in [2.75, 3.05) is 19.7 Å². The number of aliphatic carboxylic acids is 1. The van der Waals surface area contributed by atoms with Crippen molar-refractivity contribution >= 4 is 11.9 Å². The van der Waals surface area contributed by atoms with Crippen molar-refractivity contribution < 1.29 is 19.4 Å². The minimum absolute atomic E-state index is 0.0106. The van der Waals surface area contributed by atoms with Crippen LogP contribution in [0.15, 0.2) is 0 Å². The Morgan fingerprint density at radius 1 is 1.26 bits per heavy atom. The van der Waals surface area contributed by atoms with Gasteiger partial charge >= 0.3 is 5.97 Å². The largest absolute Gasteiger partial charge is 0.480 e. The van der Waals surface area contributed by atoms with Crippen molar-refractivity contribution in [2.24, 2.45) is 5.73 Å². The van der Waals surface area contributed by atoms with Gasteiger partial charge in [0.2, 0.25) is 5.91 Å². The molecular formula is C13H22N2O4. The zero-order chi connectivity index (χ0) is 14.1. The molecule has 1 saturated heterocycles. The van der Waals surface area contributed by atoms with Crippen molar-refractivity contribution in [3.63, 3.8) is 0 Å². The van der Waals surface area contributed by atoms with E-state index in [-0.39, 0.29) is 12.5 Å². The number of carboxylic acids is 1. The highest BCUT2D eigenvalue weighted by molar-refractivity contribution is 5.87. The molecule has 1 aliphatic carbocycles. The van der Waals surface area contributed by atoms with E-state index >= 15 is 0 Å². The van der Waals surface area contributed by atoms with Crippen molar-refractivity contribution in [1.82, 2.24) is 4.90 Å². The average Bonchev–Trinajstić information content (AvgIpc) is 2.33. The number of hydrogen-bond acceptors (Lipinski definition) is 4. The Balaban J connectivity index is 1.85. The molecule has 0 atom stereocenters. The van der Waals surface area contributed by atoms with Gasteiger partial charge in [-0.25, -0.2) is 4.79 Å². The van der Waals surface area contributed by atoms with Crippen LogP contribution in [0.3, 0.4) is 0 Å². The molecule has 2 rings (SSSR count). The zero-order valence-electron chi connectivity index (χ0n) is 11.4. The number of carbonyl (C=O) groups is 2. The number of nitrogens with two attached hydrogens (primary N) is 1. The number of rotatable bonds is 4. The molecule has 0 aromatic heterocycles. The van der Waals surface area contributed by atoms with Gasteiger partial charge in [-0.15, -0.1) is 0 Å². The topological polar surface area (TPSA) is 92.9 Å². The van der Waals surface area contributed by atoms with Crippen molar-refractivity contribution in [3.8, 4) is 0 Å². The number of carboxylic acid groups (broad SMARTS) is 1. The highest BCUT2D eigenvalue weighted by Gasteiger charge is 2.48. The van der Waals surface area contributed by atoms with Gasteiger partial charge in [0.25, 0.3) is 0 Å². The predicted molar refractivity (Wildman–Crippen MR) is 68.6 cm³/mol. The van der Waals surface area contributed by atoms with Crippen LogP contribution in [0.4, 0.5) is 0 Å². The number of nitrogens with zero attached hydrogens (tertiary/aromatic N) is 1. The van der Waals surface area contributed by atoms with Gasteiger partial charge in [0, 0.05) is 0 Å². The lowest BCUT2D eigenvalue weighted by Gasteiger charge is -2.50. The second-order valence-corrected chi connectivity index (χ2v) is 6.01. The molecule has 108 valence electrons. The molecule has 0 unspecified atom stereocenters. The van der Waals surface area contributed by atoms with Crippen LogP contribution >= 0.6 is 0 Å². The minimum atomic E-state index is -0.992. The van der Waals surface area contributed by atoms with Crippen LogP contribution in [0.25, 0.3) is 0 Å². The summed E-state index contributed by atoms with van der Waals surface area (Å²) < 4.78 is 5.29. The summed E-state index contributed by atoms with van der Waals surface area (Å²) in [4.78, 5) is 24.5. The Morgan fingerprint density at radius 2 is 1.84 bits per heavy atom. The summed E-state index contributed by atoms with van der Waals surface area (Å²) in [6, 6.07) is 0. The fraction of sp³-hybridized carbons (Fsp3) is 0.846. The lowest BCUT2D eigenvalue weighted by atomic mass is 9.80.